The molecule has 106 valence electrons. The van der Waals surface area contributed by atoms with Crippen LogP contribution < -0.4 is 10.6 Å². The van der Waals surface area contributed by atoms with Crippen LogP contribution in [0, 0.1) is 5.92 Å². The fourth-order valence-electron chi connectivity index (χ4n) is 2.25. The van der Waals surface area contributed by atoms with Crippen molar-refractivity contribution in [3.05, 3.63) is 0 Å². The Bertz CT molecular complexity index is 234. The van der Waals surface area contributed by atoms with Gasteiger partial charge in [-0.2, -0.15) is 0 Å². The molecule has 1 rings (SSSR count). The van der Waals surface area contributed by atoms with Crippen molar-refractivity contribution < 1.29 is 9.53 Å². The molecule has 0 spiro atoms. The van der Waals surface area contributed by atoms with Crippen LogP contribution >= 0.6 is 0 Å². The molecule has 0 aliphatic carbocycles. The van der Waals surface area contributed by atoms with Crippen molar-refractivity contribution in [2.24, 2.45) is 5.92 Å². The highest BCUT2D eigenvalue weighted by molar-refractivity contribution is 5.78. The highest BCUT2D eigenvalue weighted by Crippen LogP contribution is 2.15. The third kappa shape index (κ3) is 6.36. The summed E-state index contributed by atoms with van der Waals surface area (Å²) in [4.78, 5) is 11.9. The largest absolute Gasteiger partial charge is 0.381 e. The lowest BCUT2D eigenvalue weighted by Gasteiger charge is -2.27. The van der Waals surface area contributed by atoms with E-state index in [9.17, 15) is 4.79 Å². The molecule has 2 atom stereocenters. The standard InChI is InChI=1S/C14H28N2O2/c1-3-4-9-18-10-5-7-16-14(17)13-6-8-15-12(2)11-13/h12-13,15H,3-11H2,1-2H3,(H,16,17)/t12-,13-/m0/s1. The summed E-state index contributed by atoms with van der Waals surface area (Å²) in [7, 11) is 0. The molecule has 0 aromatic heterocycles. The predicted octanol–water partition coefficient (Wildman–Crippen LogP) is 1.70. The molecule has 0 aromatic rings. The first kappa shape index (κ1) is 15.4. The third-order valence-corrected chi connectivity index (χ3v) is 3.40. The van der Waals surface area contributed by atoms with E-state index in [0.717, 1.165) is 52.0 Å². The second-order valence-corrected chi connectivity index (χ2v) is 5.19. The number of amides is 1. The van der Waals surface area contributed by atoms with Crippen LogP contribution in [0.2, 0.25) is 0 Å². The molecule has 0 unspecified atom stereocenters. The maximum Gasteiger partial charge on any atom is 0.223 e. The van der Waals surface area contributed by atoms with Crippen molar-refractivity contribution in [2.45, 2.75) is 52.0 Å². The smallest absolute Gasteiger partial charge is 0.223 e. The summed E-state index contributed by atoms with van der Waals surface area (Å²) in [5.41, 5.74) is 0. The van der Waals surface area contributed by atoms with Crippen LogP contribution in [0.15, 0.2) is 0 Å². The van der Waals surface area contributed by atoms with E-state index >= 15 is 0 Å². The Morgan fingerprint density at radius 1 is 1.39 bits per heavy atom. The summed E-state index contributed by atoms with van der Waals surface area (Å²) in [5, 5.41) is 6.38. The van der Waals surface area contributed by atoms with Crippen molar-refractivity contribution in [3.63, 3.8) is 0 Å². The van der Waals surface area contributed by atoms with Gasteiger partial charge in [0.1, 0.15) is 0 Å². The van der Waals surface area contributed by atoms with E-state index < -0.39 is 0 Å². The minimum absolute atomic E-state index is 0.197. The molecule has 1 aliphatic rings. The molecular formula is C14H28N2O2. The summed E-state index contributed by atoms with van der Waals surface area (Å²) >= 11 is 0. The number of carbonyl (C=O) groups excluding carboxylic acids is 1. The van der Waals surface area contributed by atoms with E-state index in [1.807, 2.05) is 0 Å². The molecular weight excluding hydrogens is 228 g/mol. The van der Waals surface area contributed by atoms with E-state index in [0.29, 0.717) is 6.04 Å². The Morgan fingerprint density at radius 3 is 2.89 bits per heavy atom. The monoisotopic (exact) mass is 256 g/mol. The molecule has 0 aromatic carbocycles. The molecule has 1 aliphatic heterocycles. The minimum Gasteiger partial charge on any atom is -0.381 e. The van der Waals surface area contributed by atoms with Crippen LogP contribution in [0.3, 0.4) is 0 Å². The maximum atomic E-state index is 11.9. The van der Waals surface area contributed by atoms with Gasteiger partial charge in [0.2, 0.25) is 5.91 Å². The topological polar surface area (TPSA) is 50.4 Å². The average Bonchev–Trinajstić information content (AvgIpc) is 2.37. The Labute approximate surface area is 111 Å². The van der Waals surface area contributed by atoms with Gasteiger partial charge in [0, 0.05) is 31.7 Å². The molecule has 1 fully saturated rings. The number of unbranched alkanes of at least 4 members (excludes halogenated alkanes) is 1. The van der Waals surface area contributed by atoms with Crippen molar-refractivity contribution in [3.8, 4) is 0 Å². The number of nitrogens with one attached hydrogen (secondary N) is 2. The van der Waals surface area contributed by atoms with Crippen molar-refractivity contribution in [1.82, 2.24) is 10.6 Å². The van der Waals surface area contributed by atoms with Gasteiger partial charge in [0.05, 0.1) is 0 Å². The molecule has 18 heavy (non-hydrogen) atoms. The summed E-state index contributed by atoms with van der Waals surface area (Å²) in [6.45, 7) is 7.59. The Hall–Kier alpha value is -0.610. The zero-order valence-electron chi connectivity index (χ0n) is 11.8. The van der Waals surface area contributed by atoms with Crippen LogP contribution in [0.4, 0.5) is 0 Å². The lowest BCUT2D eigenvalue weighted by Crippen LogP contribution is -2.42. The molecule has 0 bridgehead atoms. The first-order valence-corrected chi connectivity index (χ1v) is 7.33. The summed E-state index contributed by atoms with van der Waals surface area (Å²) in [6.07, 6.45) is 5.13. The van der Waals surface area contributed by atoms with Crippen molar-refractivity contribution >= 4 is 5.91 Å². The lowest BCUT2D eigenvalue weighted by molar-refractivity contribution is -0.126. The molecule has 1 amide bonds. The van der Waals surface area contributed by atoms with Crippen LogP contribution in [0.1, 0.15) is 46.0 Å². The van der Waals surface area contributed by atoms with Gasteiger partial charge in [-0.3, -0.25) is 4.79 Å². The molecule has 0 radical (unpaired) electrons. The van der Waals surface area contributed by atoms with Gasteiger partial charge in [-0.25, -0.2) is 0 Å². The molecule has 2 N–H and O–H groups in total. The Balaban J connectivity index is 1.99. The van der Waals surface area contributed by atoms with Crippen LogP contribution in [-0.4, -0.2) is 38.3 Å². The highest BCUT2D eigenvalue weighted by Gasteiger charge is 2.23. The van der Waals surface area contributed by atoms with Crippen molar-refractivity contribution in [2.75, 3.05) is 26.3 Å². The zero-order valence-corrected chi connectivity index (χ0v) is 11.8. The van der Waals surface area contributed by atoms with E-state index in [1.54, 1.807) is 0 Å². The van der Waals surface area contributed by atoms with Crippen LogP contribution in [-0.2, 0) is 9.53 Å². The van der Waals surface area contributed by atoms with Gasteiger partial charge in [0.15, 0.2) is 0 Å². The number of hydrogen-bond acceptors (Lipinski definition) is 3. The first-order valence-electron chi connectivity index (χ1n) is 7.33. The van der Waals surface area contributed by atoms with Gasteiger partial charge in [-0.15, -0.1) is 0 Å². The second kappa shape index (κ2) is 9.34. The SMILES string of the molecule is CCCCOCCCNC(=O)[C@H]1CCN[C@@H](C)C1. The fourth-order valence-corrected chi connectivity index (χ4v) is 2.25. The highest BCUT2D eigenvalue weighted by atomic mass is 16.5. The van der Waals surface area contributed by atoms with Gasteiger partial charge in [0.25, 0.3) is 0 Å². The number of hydrogen-bond donors (Lipinski definition) is 2. The summed E-state index contributed by atoms with van der Waals surface area (Å²) in [6, 6.07) is 0.465. The zero-order chi connectivity index (χ0) is 13.2. The molecule has 1 heterocycles. The molecule has 0 saturated carbocycles. The van der Waals surface area contributed by atoms with Gasteiger partial charge >= 0.3 is 0 Å². The van der Waals surface area contributed by atoms with Crippen LogP contribution in [0.25, 0.3) is 0 Å². The summed E-state index contributed by atoms with van der Waals surface area (Å²) < 4.78 is 5.46. The van der Waals surface area contributed by atoms with Crippen molar-refractivity contribution in [1.29, 1.82) is 0 Å². The quantitative estimate of drug-likeness (QED) is 0.650. The third-order valence-electron chi connectivity index (χ3n) is 3.40. The van der Waals surface area contributed by atoms with Gasteiger partial charge in [-0.05, 0) is 39.2 Å². The lowest BCUT2D eigenvalue weighted by atomic mass is 9.92. The maximum absolute atomic E-state index is 11.9. The molecule has 4 heteroatoms. The van der Waals surface area contributed by atoms with Gasteiger partial charge in [-0.1, -0.05) is 13.3 Å². The Kier molecular flexibility index (Phi) is 8.01. The number of carbonyl (C=O) groups is 1. The minimum atomic E-state index is 0.197. The molecule has 4 nitrogen and oxygen atoms in total. The van der Waals surface area contributed by atoms with E-state index in [4.69, 9.17) is 4.74 Å². The van der Waals surface area contributed by atoms with E-state index in [2.05, 4.69) is 24.5 Å². The average molecular weight is 256 g/mol. The van der Waals surface area contributed by atoms with E-state index in [-0.39, 0.29) is 11.8 Å². The predicted molar refractivity (Wildman–Crippen MR) is 73.5 cm³/mol. The van der Waals surface area contributed by atoms with Gasteiger partial charge < -0.3 is 15.4 Å². The normalized spacial score (nSPS) is 23.9. The van der Waals surface area contributed by atoms with E-state index in [1.165, 1.54) is 6.42 Å². The Morgan fingerprint density at radius 2 is 2.17 bits per heavy atom. The first-order chi connectivity index (χ1) is 8.74. The number of ether oxygens (including phenoxy) is 1. The molecule has 1 saturated heterocycles. The summed E-state index contributed by atoms with van der Waals surface area (Å²) in [5.74, 6) is 0.416. The number of rotatable bonds is 8. The van der Waals surface area contributed by atoms with Crippen LogP contribution in [0.5, 0.6) is 0 Å². The second-order valence-electron chi connectivity index (χ2n) is 5.19. The number of piperidine rings is 1. The fraction of sp³-hybridized carbons (Fsp3) is 0.929.